The lowest BCUT2D eigenvalue weighted by Crippen LogP contribution is -2.13. The molecule has 0 unspecified atom stereocenters. The molecule has 0 aliphatic heterocycles. The van der Waals surface area contributed by atoms with Crippen LogP contribution in [0.4, 0.5) is 10.8 Å². The number of hydrogen-bond acceptors (Lipinski definition) is 5. The number of hydrogen-bond donors (Lipinski definition) is 2. The van der Waals surface area contributed by atoms with Crippen molar-refractivity contribution in [1.82, 2.24) is 4.98 Å². The number of thiazole rings is 1. The molecule has 5 nitrogen and oxygen atoms in total. The van der Waals surface area contributed by atoms with Gasteiger partial charge in [0, 0.05) is 17.5 Å². The van der Waals surface area contributed by atoms with Crippen LogP contribution in [0.25, 0.3) is 10.2 Å². The second kappa shape index (κ2) is 7.67. The molecule has 7 heteroatoms. The van der Waals surface area contributed by atoms with E-state index >= 15 is 0 Å². The smallest absolute Gasteiger partial charge is 0.236 e. The monoisotopic (exact) mass is 371 g/mol. The van der Waals surface area contributed by atoms with E-state index in [0.29, 0.717) is 10.9 Å². The maximum atomic E-state index is 12.2. The number of carbonyl (C=O) groups is 2. The predicted octanol–water partition coefficient (Wildman–Crippen LogP) is 4.29. The molecule has 0 atom stereocenters. The number of thioether (sulfide) groups is 1. The summed E-state index contributed by atoms with van der Waals surface area (Å²) in [5.74, 6) is 0.123. The molecule has 3 aromatic rings. The fraction of sp³-hybridized carbons (Fsp3) is 0.167. The van der Waals surface area contributed by atoms with E-state index in [0.717, 1.165) is 26.4 Å². The van der Waals surface area contributed by atoms with E-state index in [1.165, 1.54) is 30.0 Å². The van der Waals surface area contributed by atoms with E-state index in [9.17, 15) is 9.59 Å². The number of benzene rings is 2. The lowest BCUT2D eigenvalue weighted by atomic mass is 10.2. The normalized spacial score (nSPS) is 10.6. The zero-order chi connectivity index (χ0) is 17.8. The summed E-state index contributed by atoms with van der Waals surface area (Å²) in [6.45, 7) is 3.50. The van der Waals surface area contributed by atoms with Crippen molar-refractivity contribution in [1.29, 1.82) is 0 Å². The Balaban J connectivity index is 1.65. The minimum atomic E-state index is -0.120. The van der Waals surface area contributed by atoms with Gasteiger partial charge in [-0.05, 0) is 36.8 Å². The van der Waals surface area contributed by atoms with Gasteiger partial charge in [-0.15, -0.1) is 11.8 Å². The molecular formula is C18H17N3O2S2. The second-order valence-electron chi connectivity index (χ2n) is 5.49. The van der Waals surface area contributed by atoms with Gasteiger partial charge in [0.2, 0.25) is 11.8 Å². The number of nitrogens with zero attached hydrogens (tertiary/aromatic N) is 1. The lowest BCUT2D eigenvalue weighted by Gasteiger charge is -2.04. The van der Waals surface area contributed by atoms with Crippen molar-refractivity contribution in [2.45, 2.75) is 18.7 Å². The number of fused-ring (bicyclic) bond motifs is 1. The Morgan fingerprint density at radius 3 is 2.72 bits per heavy atom. The highest BCUT2D eigenvalue weighted by Gasteiger charge is 2.10. The van der Waals surface area contributed by atoms with E-state index in [-0.39, 0.29) is 11.8 Å². The molecule has 0 radical (unpaired) electrons. The maximum absolute atomic E-state index is 12.2. The Labute approximate surface area is 153 Å². The molecular weight excluding hydrogens is 354 g/mol. The number of aromatic nitrogens is 1. The second-order valence-corrected chi connectivity index (χ2v) is 7.53. The molecule has 2 N–H and O–H groups in total. The fourth-order valence-electron chi connectivity index (χ4n) is 2.28. The predicted molar refractivity (Wildman–Crippen MR) is 104 cm³/mol. The van der Waals surface area contributed by atoms with Gasteiger partial charge in [0.05, 0.1) is 16.0 Å². The molecule has 3 rings (SSSR count). The zero-order valence-electron chi connectivity index (χ0n) is 13.8. The average molecular weight is 371 g/mol. The minimum absolute atomic E-state index is 0.0885. The Hall–Kier alpha value is -2.38. The van der Waals surface area contributed by atoms with Gasteiger partial charge >= 0.3 is 0 Å². The quantitative estimate of drug-likeness (QED) is 0.656. The Morgan fingerprint density at radius 2 is 1.96 bits per heavy atom. The van der Waals surface area contributed by atoms with Crippen LogP contribution >= 0.6 is 23.1 Å². The number of anilines is 2. The summed E-state index contributed by atoms with van der Waals surface area (Å²) in [5.41, 5.74) is 2.67. The van der Waals surface area contributed by atoms with Gasteiger partial charge < -0.3 is 10.6 Å². The van der Waals surface area contributed by atoms with Crippen LogP contribution in [-0.4, -0.2) is 22.6 Å². The maximum Gasteiger partial charge on any atom is 0.236 e. The topological polar surface area (TPSA) is 71.1 Å². The summed E-state index contributed by atoms with van der Waals surface area (Å²) in [6, 6.07) is 13.5. The van der Waals surface area contributed by atoms with Gasteiger partial charge in [0.25, 0.3) is 0 Å². The van der Waals surface area contributed by atoms with E-state index < -0.39 is 0 Å². The first kappa shape index (κ1) is 17.4. The third-order valence-electron chi connectivity index (χ3n) is 3.41. The molecule has 128 valence electrons. The van der Waals surface area contributed by atoms with Gasteiger partial charge in [-0.3, -0.25) is 9.59 Å². The molecule has 1 heterocycles. The van der Waals surface area contributed by atoms with E-state index in [2.05, 4.69) is 15.6 Å². The summed E-state index contributed by atoms with van der Waals surface area (Å²) in [5, 5.41) is 6.14. The molecule has 0 aliphatic rings. The number of nitrogens with one attached hydrogen (secondary N) is 2. The van der Waals surface area contributed by atoms with Crippen molar-refractivity contribution in [3.05, 3.63) is 48.0 Å². The van der Waals surface area contributed by atoms with Gasteiger partial charge in [-0.25, -0.2) is 4.98 Å². The van der Waals surface area contributed by atoms with Crippen molar-refractivity contribution in [3.8, 4) is 0 Å². The molecule has 2 aromatic carbocycles. The summed E-state index contributed by atoms with van der Waals surface area (Å²) in [4.78, 5) is 28.8. The summed E-state index contributed by atoms with van der Waals surface area (Å²) >= 11 is 2.90. The van der Waals surface area contributed by atoms with Crippen LogP contribution < -0.4 is 10.6 Å². The van der Waals surface area contributed by atoms with Gasteiger partial charge in [0.15, 0.2) is 5.13 Å². The Bertz CT molecular complexity index is 937. The first-order valence-corrected chi connectivity index (χ1v) is 9.48. The highest BCUT2D eigenvalue weighted by Crippen LogP contribution is 2.29. The van der Waals surface area contributed by atoms with E-state index in [4.69, 9.17) is 0 Å². The van der Waals surface area contributed by atoms with Crippen molar-refractivity contribution >= 4 is 55.9 Å². The highest BCUT2D eigenvalue weighted by molar-refractivity contribution is 8.00. The summed E-state index contributed by atoms with van der Waals surface area (Å²) in [6.07, 6.45) is 0. The molecule has 1 aromatic heterocycles. The van der Waals surface area contributed by atoms with Crippen molar-refractivity contribution < 1.29 is 9.59 Å². The SMILES string of the molecule is CC(=O)Nc1ccc2nc(NC(=O)CSc3ccccc3C)sc2c1. The van der Waals surface area contributed by atoms with E-state index in [1.807, 2.05) is 43.3 Å². The van der Waals surface area contributed by atoms with Crippen molar-refractivity contribution in [3.63, 3.8) is 0 Å². The molecule has 2 amide bonds. The number of rotatable bonds is 5. The minimum Gasteiger partial charge on any atom is -0.326 e. The first-order valence-electron chi connectivity index (χ1n) is 7.68. The number of aryl methyl sites for hydroxylation is 1. The molecule has 0 aliphatic carbocycles. The lowest BCUT2D eigenvalue weighted by molar-refractivity contribution is -0.114. The van der Waals surface area contributed by atoms with Crippen LogP contribution in [0.1, 0.15) is 12.5 Å². The van der Waals surface area contributed by atoms with Gasteiger partial charge in [-0.2, -0.15) is 0 Å². The summed E-state index contributed by atoms with van der Waals surface area (Å²) in [7, 11) is 0. The zero-order valence-corrected chi connectivity index (χ0v) is 15.5. The highest BCUT2D eigenvalue weighted by atomic mass is 32.2. The van der Waals surface area contributed by atoms with Crippen LogP contribution in [0.3, 0.4) is 0 Å². The third kappa shape index (κ3) is 4.58. The largest absolute Gasteiger partial charge is 0.326 e. The third-order valence-corrected chi connectivity index (χ3v) is 5.52. The van der Waals surface area contributed by atoms with Crippen LogP contribution in [0, 0.1) is 6.92 Å². The Morgan fingerprint density at radius 1 is 1.16 bits per heavy atom. The Kier molecular flexibility index (Phi) is 5.35. The molecule has 25 heavy (non-hydrogen) atoms. The molecule has 0 saturated carbocycles. The number of carbonyl (C=O) groups excluding carboxylic acids is 2. The van der Waals surface area contributed by atoms with Crippen molar-refractivity contribution in [2.24, 2.45) is 0 Å². The molecule has 0 spiro atoms. The van der Waals surface area contributed by atoms with Crippen LogP contribution in [0.5, 0.6) is 0 Å². The van der Waals surface area contributed by atoms with Crippen LogP contribution in [-0.2, 0) is 9.59 Å². The fourth-order valence-corrected chi connectivity index (χ4v) is 4.03. The van der Waals surface area contributed by atoms with Crippen LogP contribution in [0.15, 0.2) is 47.4 Å². The van der Waals surface area contributed by atoms with Gasteiger partial charge in [0.1, 0.15) is 0 Å². The van der Waals surface area contributed by atoms with Gasteiger partial charge in [-0.1, -0.05) is 29.5 Å². The van der Waals surface area contributed by atoms with E-state index in [1.54, 1.807) is 6.07 Å². The van der Waals surface area contributed by atoms with Crippen LogP contribution in [0.2, 0.25) is 0 Å². The molecule has 0 bridgehead atoms. The standard InChI is InChI=1S/C18H17N3O2S2/c1-11-5-3-4-6-15(11)24-10-17(23)21-18-20-14-8-7-13(19-12(2)22)9-16(14)25-18/h3-9H,10H2,1-2H3,(H,19,22)(H,20,21,23). The summed E-state index contributed by atoms with van der Waals surface area (Å²) < 4.78 is 0.910. The number of amides is 2. The molecule has 0 saturated heterocycles. The average Bonchev–Trinajstić information content (AvgIpc) is 2.95. The molecule has 0 fully saturated rings. The first-order chi connectivity index (χ1) is 12.0. The van der Waals surface area contributed by atoms with Crippen molar-refractivity contribution in [2.75, 3.05) is 16.4 Å².